The third-order valence-corrected chi connectivity index (χ3v) is 4.56. The van der Waals surface area contributed by atoms with Crippen LogP contribution in [0.25, 0.3) is 11.0 Å². The predicted molar refractivity (Wildman–Crippen MR) is 111 cm³/mol. The molecule has 7 heteroatoms. The number of hydrogen-bond acceptors (Lipinski definition) is 6. The van der Waals surface area contributed by atoms with Crippen molar-refractivity contribution in [2.45, 2.75) is 20.3 Å². The summed E-state index contributed by atoms with van der Waals surface area (Å²) in [6.45, 7) is 3.91. The molecule has 0 spiro atoms. The number of ether oxygens (including phenoxy) is 2. The van der Waals surface area contributed by atoms with Crippen LogP contribution in [-0.4, -0.2) is 31.6 Å². The number of amides is 1. The highest BCUT2D eigenvalue weighted by molar-refractivity contribution is 5.99. The van der Waals surface area contributed by atoms with E-state index >= 15 is 0 Å². The number of fused-ring (bicyclic) bond motifs is 1. The number of nitrogens with zero attached hydrogens (tertiary/aromatic N) is 2. The number of aryl methyl sites for hydroxylation is 1. The number of benzene rings is 2. The maximum Gasteiger partial charge on any atom is 0.375 e. The predicted octanol–water partition coefficient (Wildman–Crippen LogP) is 4.24. The molecule has 0 radical (unpaired) electrons. The Morgan fingerprint density at radius 1 is 1.13 bits per heavy atom. The molecule has 1 aromatic heterocycles. The van der Waals surface area contributed by atoms with E-state index in [0.29, 0.717) is 29.2 Å². The van der Waals surface area contributed by atoms with Crippen molar-refractivity contribution in [1.82, 2.24) is 0 Å². The van der Waals surface area contributed by atoms with E-state index in [2.05, 4.69) is 0 Å². The molecule has 0 saturated heterocycles. The molecule has 2 aromatic carbocycles. The Morgan fingerprint density at radius 3 is 2.53 bits per heavy atom. The molecule has 0 aliphatic carbocycles. The molecule has 0 aliphatic rings. The van der Waals surface area contributed by atoms with Gasteiger partial charge < -0.3 is 18.8 Å². The molecule has 0 unspecified atom stereocenters. The number of rotatable bonds is 8. The monoisotopic (exact) mass is 406 g/mol. The summed E-state index contributed by atoms with van der Waals surface area (Å²) in [4.78, 5) is 26.6. The van der Waals surface area contributed by atoms with Crippen LogP contribution in [0, 0.1) is 18.3 Å². The summed E-state index contributed by atoms with van der Waals surface area (Å²) in [6, 6.07) is 16.3. The van der Waals surface area contributed by atoms with Gasteiger partial charge in [0.1, 0.15) is 11.3 Å². The van der Waals surface area contributed by atoms with E-state index in [9.17, 15) is 9.59 Å². The van der Waals surface area contributed by atoms with Crippen molar-refractivity contribution < 1.29 is 23.5 Å². The SMILES string of the molecule is CCOc1ccc(N(CCC#N)C(=O)COC(=O)c2oc3ccccc3c2C)cc1. The summed E-state index contributed by atoms with van der Waals surface area (Å²) < 4.78 is 16.2. The van der Waals surface area contributed by atoms with Gasteiger partial charge in [-0.1, -0.05) is 18.2 Å². The van der Waals surface area contributed by atoms with Crippen LogP contribution < -0.4 is 9.64 Å². The summed E-state index contributed by atoms with van der Waals surface area (Å²) in [5.41, 5.74) is 1.84. The van der Waals surface area contributed by atoms with Gasteiger partial charge in [-0.2, -0.15) is 5.26 Å². The van der Waals surface area contributed by atoms with Gasteiger partial charge >= 0.3 is 5.97 Å². The summed E-state index contributed by atoms with van der Waals surface area (Å²) in [6.07, 6.45) is 0.148. The number of carbonyl (C=O) groups excluding carboxylic acids is 2. The average Bonchev–Trinajstić information content (AvgIpc) is 3.10. The smallest absolute Gasteiger partial charge is 0.375 e. The molecule has 0 fully saturated rings. The third-order valence-electron chi connectivity index (χ3n) is 4.56. The molecule has 0 N–H and O–H groups in total. The highest BCUT2D eigenvalue weighted by Crippen LogP contribution is 2.25. The zero-order valence-corrected chi connectivity index (χ0v) is 16.9. The number of furan rings is 1. The number of anilines is 1. The minimum atomic E-state index is -0.705. The molecule has 30 heavy (non-hydrogen) atoms. The Morgan fingerprint density at radius 2 is 1.87 bits per heavy atom. The summed E-state index contributed by atoms with van der Waals surface area (Å²) in [5, 5.41) is 9.74. The first-order valence-corrected chi connectivity index (χ1v) is 9.60. The normalized spacial score (nSPS) is 10.4. The zero-order valence-electron chi connectivity index (χ0n) is 16.9. The fourth-order valence-corrected chi connectivity index (χ4v) is 3.09. The van der Waals surface area contributed by atoms with Crippen LogP contribution in [0.5, 0.6) is 5.75 Å². The molecule has 7 nitrogen and oxygen atoms in total. The van der Waals surface area contributed by atoms with Crippen molar-refractivity contribution in [2.75, 3.05) is 24.7 Å². The van der Waals surface area contributed by atoms with Gasteiger partial charge in [0.15, 0.2) is 6.61 Å². The first-order valence-electron chi connectivity index (χ1n) is 9.60. The van der Waals surface area contributed by atoms with Gasteiger partial charge in [-0.3, -0.25) is 4.79 Å². The second-order valence-corrected chi connectivity index (χ2v) is 6.51. The van der Waals surface area contributed by atoms with Crippen LogP contribution in [0.2, 0.25) is 0 Å². The molecule has 1 heterocycles. The van der Waals surface area contributed by atoms with Crippen LogP contribution >= 0.6 is 0 Å². The maximum absolute atomic E-state index is 12.7. The first-order chi connectivity index (χ1) is 14.5. The third kappa shape index (κ3) is 4.61. The van der Waals surface area contributed by atoms with Gasteiger partial charge in [0, 0.05) is 23.2 Å². The van der Waals surface area contributed by atoms with Gasteiger partial charge in [-0.05, 0) is 44.2 Å². The van der Waals surface area contributed by atoms with Crippen molar-refractivity contribution in [3.05, 3.63) is 59.9 Å². The lowest BCUT2D eigenvalue weighted by Crippen LogP contribution is -2.35. The van der Waals surface area contributed by atoms with E-state index in [1.807, 2.05) is 31.2 Å². The molecule has 0 atom stereocenters. The van der Waals surface area contributed by atoms with Gasteiger partial charge in [0.2, 0.25) is 5.76 Å². The van der Waals surface area contributed by atoms with Crippen LogP contribution in [0.15, 0.2) is 52.9 Å². The van der Waals surface area contributed by atoms with Crippen molar-refractivity contribution in [1.29, 1.82) is 5.26 Å². The quantitative estimate of drug-likeness (QED) is 0.520. The first kappa shape index (κ1) is 20.9. The van der Waals surface area contributed by atoms with E-state index < -0.39 is 18.5 Å². The molecule has 0 aliphatic heterocycles. The molecule has 3 rings (SSSR count). The Labute approximate surface area is 174 Å². The largest absolute Gasteiger partial charge is 0.494 e. The lowest BCUT2D eigenvalue weighted by atomic mass is 10.1. The zero-order chi connectivity index (χ0) is 21.5. The second kappa shape index (κ2) is 9.61. The van der Waals surface area contributed by atoms with Crippen molar-refractivity contribution in [2.24, 2.45) is 0 Å². The minimum Gasteiger partial charge on any atom is -0.494 e. The van der Waals surface area contributed by atoms with Gasteiger partial charge in [-0.25, -0.2) is 4.79 Å². The number of esters is 1. The molecule has 0 saturated carbocycles. The van der Waals surface area contributed by atoms with Crippen LogP contribution in [0.1, 0.15) is 29.5 Å². The lowest BCUT2D eigenvalue weighted by molar-refractivity contribution is -0.121. The standard InChI is InChI=1S/C23H22N2O5/c1-3-28-18-11-9-17(10-12-18)25(14-6-13-24)21(26)15-29-23(27)22-16(2)19-7-4-5-8-20(19)30-22/h4-5,7-12H,3,6,14-15H2,1-2H3. The average molecular weight is 406 g/mol. The molecular formula is C23H22N2O5. The molecular weight excluding hydrogens is 384 g/mol. The Bertz CT molecular complexity index is 1080. The molecule has 0 bridgehead atoms. The molecule has 1 amide bonds. The Hall–Kier alpha value is -3.79. The fraction of sp³-hybridized carbons (Fsp3) is 0.261. The van der Waals surface area contributed by atoms with E-state index in [1.165, 1.54) is 4.90 Å². The number of carbonyl (C=O) groups is 2. The van der Waals surface area contributed by atoms with E-state index in [-0.39, 0.29) is 18.7 Å². The van der Waals surface area contributed by atoms with Gasteiger partial charge in [0.05, 0.1) is 19.1 Å². The number of hydrogen-bond donors (Lipinski definition) is 0. The van der Waals surface area contributed by atoms with Crippen molar-refractivity contribution >= 4 is 28.5 Å². The molecule has 3 aromatic rings. The van der Waals surface area contributed by atoms with E-state index in [0.717, 1.165) is 5.39 Å². The van der Waals surface area contributed by atoms with Crippen LogP contribution in [0.4, 0.5) is 5.69 Å². The second-order valence-electron chi connectivity index (χ2n) is 6.51. The number of nitriles is 1. The highest BCUT2D eigenvalue weighted by atomic mass is 16.5. The van der Waals surface area contributed by atoms with Gasteiger partial charge in [-0.15, -0.1) is 0 Å². The summed E-state index contributed by atoms with van der Waals surface area (Å²) >= 11 is 0. The van der Waals surface area contributed by atoms with Gasteiger partial charge in [0.25, 0.3) is 5.91 Å². The van der Waals surface area contributed by atoms with E-state index in [4.69, 9.17) is 19.2 Å². The summed E-state index contributed by atoms with van der Waals surface area (Å²) in [5.74, 6) is -0.380. The maximum atomic E-state index is 12.7. The van der Waals surface area contributed by atoms with Crippen LogP contribution in [0.3, 0.4) is 0 Å². The van der Waals surface area contributed by atoms with Crippen LogP contribution in [-0.2, 0) is 9.53 Å². The highest BCUT2D eigenvalue weighted by Gasteiger charge is 2.22. The van der Waals surface area contributed by atoms with Crippen molar-refractivity contribution in [3.63, 3.8) is 0 Å². The van der Waals surface area contributed by atoms with Crippen molar-refractivity contribution in [3.8, 4) is 11.8 Å². The minimum absolute atomic E-state index is 0.0774. The fourth-order valence-electron chi connectivity index (χ4n) is 3.09. The molecule has 154 valence electrons. The topological polar surface area (TPSA) is 92.8 Å². The Balaban J connectivity index is 1.71. The number of para-hydroxylation sites is 1. The summed E-state index contributed by atoms with van der Waals surface area (Å²) in [7, 11) is 0. The lowest BCUT2D eigenvalue weighted by Gasteiger charge is -2.22. The van der Waals surface area contributed by atoms with E-state index in [1.54, 1.807) is 37.3 Å². The Kier molecular flexibility index (Phi) is 6.71.